The number of fused-ring (bicyclic) bond motifs is 2. The van der Waals surface area contributed by atoms with Gasteiger partial charge in [-0.25, -0.2) is 0 Å². The van der Waals surface area contributed by atoms with Gasteiger partial charge in [-0.2, -0.15) is 5.10 Å². The third kappa shape index (κ3) is 3.03. The van der Waals surface area contributed by atoms with Crippen molar-refractivity contribution in [2.75, 3.05) is 0 Å². The Morgan fingerprint density at radius 1 is 1.19 bits per heavy atom. The van der Waals surface area contributed by atoms with Crippen LogP contribution in [0.4, 0.5) is 0 Å². The number of nitrogens with one attached hydrogen (secondary N) is 2. The van der Waals surface area contributed by atoms with Crippen molar-refractivity contribution in [1.82, 2.24) is 15.5 Å². The fourth-order valence-electron chi connectivity index (χ4n) is 3.76. The summed E-state index contributed by atoms with van der Waals surface area (Å²) in [7, 11) is 0. The Labute approximate surface area is 134 Å². The van der Waals surface area contributed by atoms with Crippen LogP contribution in [0.15, 0.2) is 18.2 Å². The third-order valence-electron chi connectivity index (χ3n) is 4.81. The first-order valence-electron chi connectivity index (χ1n) is 7.81. The maximum absolute atomic E-state index is 5.97. The van der Waals surface area contributed by atoms with Gasteiger partial charge in [0.25, 0.3) is 0 Å². The van der Waals surface area contributed by atoms with Crippen molar-refractivity contribution in [3.8, 4) is 0 Å². The van der Waals surface area contributed by atoms with Gasteiger partial charge in [-0.15, -0.1) is 11.3 Å². The number of thiophene rings is 1. The maximum atomic E-state index is 5.97. The molecule has 2 aromatic heterocycles. The number of aromatic amines is 1. The van der Waals surface area contributed by atoms with Crippen LogP contribution in [0.1, 0.15) is 47.9 Å². The number of piperidine rings is 1. The third-order valence-corrected chi connectivity index (χ3v) is 6.10. The predicted octanol–water partition coefficient (Wildman–Crippen LogP) is 3.91. The molecule has 0 aromatic carbocycles. The average Bonchev–Trinajstić information content (AvgIpc) is 3.18. The fourth-order valence-corrected chi connectivity index (χ4v) is 4.85. The first kappa shape index (κ1) is 13.8. The van der Waals surface area contributed by atoms with Crippen molar-refractivity contribution in [3.63, 3.8) is 0 Å². The van der Waals surface area contributed by atoms with Crippen LogP contribution in [-0.2, 0) is 12.8 Å². The van der Waals surface area contributed by atoms with E-state index in [9.17, 15) is 0 Å². The Hall–Kier alpha value is -0.840. The van der Waals surface area contributed by atoms with Crippen LogP contribution in [0.2, 0.25) is 4.34 Å². The number of halogens is 1. The van der Waals surface area contributed by atoms with Gasteiger partial charge in [0.2, 0.25) is 0 Å². The molecule has 0 radical (unpaired) electrons. The zero-order chi connectivity index (χ0) is 14.2. The molecule has 0 aliphatic carbocycles. The zero-order valence-corrected chi connectivity index (χ0v) is 13.5. The highest BCUT2D eigenvalue weighted by atomic mass is 35.5. The minimum atomic E-state index is 0.643. The Bertz CT molecular complexity index is 609. The molecule has 2 bridgehead atoms. The number of hydrogen-bond donors (Lipinski definition) is 2. The van der Waals surface area contributed by atoms with Crippen LogP contribution in [-0.4, -0.2) is 22.3 Å². The lowest BCUT2D eigenvalue weighted by atomic mass is 9.89. The summed E-state index contributed by atoms with van der Waals surface area (Å²) in [6, 6.07) is 7.83. The number of H-pyrrole nitrogens is 1. The SMILES string of the molecule is Clc1ccc(CCc2cc(C3CC4CCC(C3)N4)n[nH]2)s1. The van der Waals surface area contributed by atoms with Gasteiger partial charge >= 0.3 is 0 Å². The van der Waals surface area contributed by atoms with Crippen LogP contribution >= 0.6 is 22.9 Å². The van der Waals surface area contributed by atoms with Crippen molar-refractivity contribution in [1.29, 1.82) is 0 Å². The monoisotopic (exact) mass is 321 g/mol. The minimum absolute atomic E-state index is 0.643. The van der Waals surface area contributed by atoms with Crippen LogP contribution in [0.3, 0.4) is 0 Å². The van der Waals surface area contributed by atoms with Gasteiger partial charge < -0.3 is 5.32 Å². The van der Waals surface area contributed by atoms with Crippen molar-refractivity contribution < 1.29 is 0 Å². The summed E-state index contributed by atoms with van der Waals surface area (Å²) >= 11 is 7.65. The maximum Gasteiger partial charge on any atom is 0.0931 e. The van der Waals surface area contributed by atoms with Crippen molar-refractivity contribution in [2.45, 2.75) is 56.5 Å². The van der Waals surface area contributed by atoms with Gasteiger partial charge in [0, 0.05) is 28.6 Å². The molecular formula is C16H20ClN3S. The molecule has 2 aromatic rings. The minimum Gasteiger partial charge on any atom is -0.311 e. The molecule has 2 fully saturated rings. The van der Waals surface area contributed by atoms with E-state index in [1.807, 2.05) is 6.07 Å². The summed E-state index contributed by atoms with van der Waals surface area (Å²) < 4.78 is 0.875. The van der Waals surface area contributed by atoms with E-state index in [1.165, 1.54) is 41.9 Å². The first-order chi connectivity index (χ1) is 10.3. The fraction of sp³-hybridized carbons (Fsp3) is 0.562. The normalized spacial score (nSPS) is 28.1. The number of rotatable bonds is 4. The zero-order valence-electron chi connectivity index (χ0n) is 11.9. The molecule has 2 aliphatic heterocycles. The second-order valence-electron chi connectivity index (χ2n) is 6.33. The molecule has 0 amide bonds. The highest BCUT2D eigenvalue weighted by molar-refractivity contribution is 7.16. The van der Waals surface area contributed by atoms with Crippen LogP contribution in [0.5, 0.6) is 0 Å². The van der Waals surface area contributed by atoms with Crippen molar-refractivity contribution in [3.05, 3.63) is 38.8 Å². The highest BCUT2D eigenvalue weighted by Crippen LogP contribution is 2.36. The highest BCUT2D eigenvalue weighted by Gasteiger charge is 2.34. The van der Waals surface area contributed by atoms with Gasteiger partial charge in [0.05, 0.1) is 10.0 Å². The van der Waals surface area contributed by atoms with E-state index < -0.39 is 0 Å². The number of aryl methyl sites for hydroxylation is 2. The second kappa shape index (κ2) is 5.75. The van der Waals surface area contributed by atoms with E-state index in [-0.39, 0.29) is 0 Å². The topological polar surface area (TPSA) is 40.7 Å². The Balaban J connectivity index is 1.39. The Kier molecular flexibility index (Phi) is 3.78. The summed E-state index contributed by atoms with van der Waals surface area (Å²) in [5.41, 5.74) is 2.52. The van der Waals surface area contributed by atoms with E-state index >= 15 is 0 Å². The summed E-state index contributed by atoms with van der Waals surface area (Å²) in [6.07, 6.45) is 7.25. The van der Waals surface area contributed by atoms with E-state index in [1.54, 1.807) is 11.3 Å². The van der Waals surface area contributed by atoms with Gasteiger partial charge in [0.1, 0.15) is 0 Å². The molecule has 5 heteroatoms. The molecule has 2 unspecified atom stereocenters. The molecule has 2 saturated heterocycles. The summed E-state index contributed by atoms with van der Waals surface area (Å²) in [4.78, 5) is 1.34. The molecule has 0 saturated carbocycles. The molecule has 21 heavy (non-hydrogen) atoms. The molecule has 2 N–H and O–H groups in total. The van der Waals surface area contributed by atoms with Gasteiger partial charge in [0.15, 0.2) is 0 Å². The molecule has 3 nitrogen and oxygen atoms in total. The quantitative estimate of drug-likeness (QED) is 0.896. The molecule has 2 aliphatic rings. The van der Waals surface area contributed by atoms with E-state index in [4.69, 9.17) is 11.6 Å². The molecular weight excluding hydrogens is 302 g/mol. The molecule has 2 atom stereocenters. The molecule has 0 spiro atoms. The number of hydrogen-bond acceptors (Lipinski definition) is 3. The van der Waals surface area contributed by atoms with Crippen LogP contribution in [0.25, 0.3) is 0 Å². The summed E-state index contributed by atoms with van der Waals surface area (Å²) in [5.74, 6) is 0.643. The van der Waals surface area contributed by atoms with Crippen LogP contribution in [0, 0.1) is 0 Å². The number of nitrogens with zero attached hydrogens (tertiary/aromatic N) is 1. The van der Waals surface area contributed by atoms with Crippen LogP contribution < -0.4 is 5.32 Å². The van der Waals surface area contributed by atoms with Gasteiger partial charge in [-0.05, 0) is 56.7 Å². The standard InChI is InChI=1S/C16H20ClN3S/c17-16-6-5-14(21-16)4-3-13-9-15(20-19-13)10-7-11-1-2-12(8-10)18-11/h5-6,9-12,18H,1-4,7-8H2,(H,19,20). The predicted molar refractivity (Wildman–Crippen MR) is 87.2 cm³/mol. The summed E-state index contributed by atoms with van der Waals surface area (Å²) in [6.45, 7) is 0. The smallest absolute Gasteiger partial charge is 0.0931 e. The van der Waals surface area contributed by atoms with Crippen molar-refractivity contribution in [2.24, 2.45) is 0 Å². The van der Waals surface area contributed by atoms with E-state index in [0.717, 1.165) is 29.3 Å². The largest absolute Gasteiger partial charge is 0.311 e. The molecule has 4 heterocycles. The summed E-state index contributed by atoms with van der Waals surface area (Å²) in [5, 5.41) is 11.5. The first-order valence-corrected chi connectivity index (χ1v) is 9.00. The van der Waals surface area contributed by atoms with Crippen molar-refractivity contribution >= 4 is 22.9 Å². The second-order valence-corrected chi connectivity index (χ2v) is 8.13. The average molecular weight is 322 g/mol. The Morgan fingerprint density at radius 3 is 2.71 bits per heavy atom. The van der Waals surface area contributed by atoms with E-state index in [2.05, 4.69) is 27.6 Å². The van der Waals surface area contributed by atoms with Gasteiger partial charge in [-0.3, -0.25) is 5.10 Å². The lowest BCUT2D eigenvalue weighted by molar-refractivity contribution is 0.359. The van der Waals surface area contributed by atoms with E-state index in [0.29, 0.717) is 5.92 Å². The number of aromatic nitrogens is 2. The van der Waals surface area contributed by atoms with Gasteiger partial charge in [-0.1, -0.05) is 11.6 Å². The molecule has 112 valence electrons. The molecule has 4 rings (SSSR count). The Morgan fingerprint density at radius 2 is 2.00 bits per heavy atom. The lowest BCUT2D eigenvalue weighted by Gasteiger charge is -2.27. The lowest BCUT2D eigenvalue weighted by Crippen LogP contribution is -2.37.